The molecule has 2 aromatic rings. The molecule has 90 valence electrons. The minimum Gasteiger partial charge on any atom is -0.464 e. The molecule has 1 N–H and O–H groups in total. The molecular formula is C13H13BrFNO. The third-order valence-corrected chi connectivity index (χ3v) is 3.14. The molecule has 2 nitrogen and oxygen atoms in total. The number of furan rings is 1. The molecule has 0 saturated carbocycles. The van der Waals surface area contributed by atoms with E-state index in [1.165, 1.54) is 12.1 Å². The van der Waals surface area contributed by atoms with Crippen LogP contribution in [0.5, 0.6) is 0 Å². The molecule has 1 heterocycles. The van der Waals surface area contributed by atoms with Gasteiger partial charge in [0.15, 0.2) is 0 Å². The number of anilines is 1. The number of nitrogens with one attached hydrogen (secondary N) is 1. The van der Waals surface area contributed by atoms with Crippen LogP contribution >= 0.6 is 15.9 Å². The average Bonchev–Trinajstić information content (AvgIpc) is 2.78. The van der Waals surface area contributed by atoms with Crippen LogP contribution in [-0.2, 0) is 13.0 Å². The van der Waals surface area contributed by atoms with Crippen LogP contribution < -0.4 is 5.32 Å². The minimum absolute atomic E-state index is 0.260. The van der Waals surface area contributed by atoms with Crippen LogP contribution in [0.25, 0.3) is 0 Å². The maximum atomic E-state index is 13.0. The summed E-state index contributed by atoms with van der Waals surface area (Å²) in [6, 6.07) is 8.43. The molecule has 0 aliphatic rings. The quantitative estimate of drug-likeness (QED) is 0.907. The van der Waals surface area contributed by atoms with Crippen molar-refractivity contribution in [3.8, 4) is 0 Å². The van der Waals surface area contributed by atoms with E-state index in [1.807, 2.05) is 19.1 Å². The van der Waals surface area contributed by atoms with Gasteiger partial charge in [-0.1, -0.05) is 6.92 Å². The first kappa shape index (κ1) is 12.2. The van der Waals surface area contributed by atoms with Gasteiger partial charge in [-0.3, -0.25) is 0 Å². The van der Waals surface area contributed by atoms with Gasteiger partial charge in [-0.25, -0.2) is 4.39 Å². The lowest BCUT2D eigenvalue weighted by Crippen LogP contribution is -1.99. The number of hydrogen-bond donors (Lipinski definition) is 1. The van der Waals surface area contributed by atoms with E-state index < -0.39 is 0 Å². The van der Waals surface area contributed by atoms with Gasteiger partial charge in [-0.15, -0.1) is 0 Å². The van der Waals surface area contributed by atoms with Crippen molar-refractivity contribution in [3.63, 3.8) is 0 Å². The maximum Gasteiger partial charge on any atom is 0.125 e. The highest BCUT2D eigenvalue weighted by atomic mass is 79.9. The van der Waals surface area contributed by atoms with Gasteiger partial charge in [0.2, 0.25) is 0 Å². The van der Waals surface area contributed by atoms with Crippen molar-refractivity contribution in [1.29, 1.82) is 0 Å². The molecule has 0 saturated heterocycles. The fraction of sp³-hybridized carbons (Fsp3) is 0.231. The fourth-order valence-electron chi connectivity index (χ4n) is 1.52. The van der Waals surface area contributed by atoms with Gasteiger partial charge in [-0.2, -0.15) is 0 Å². The molecule has 0 spiro atoms. The second kappa shape index (κ2) is 5.36. The maximum absolute atomic E-state index is 13.0. The van der Waals surface area contributed by atoms with Crippen molar-refractivity contribution >= 4 is 21.6 Å². The predicted molar refractivity (Wildman–Crippen MR) is 69.5 cm³/mol. The number of benzene rings is 1. The Morgan fingerprint density at radius 2 is 2.00 bits per heavy atom. The van der Waals surface area contributed by atoms with E-state index >= 15 is 0 Å². The van der Waals surface area contributed by atoms with Crippen LogP contribution in [0.1, 0.15) is 18.4 Å². The second-order valence-corrected chi connectivity index (χ2v) is 4.55. The molecule has 0 amide bonds. The molecule has 4 heteroatoms. The third-order valence-electron chi connectivity index (χ3n) is 2.45. The summed E-state index contributed by atoms with van der Waals surface area (Å²) >= 11 is 3.36. The van der Waals surface area contributed by atoms with Crippen molar-refractivity contribution < 1.29 is 8.81 Å². The highest BCUT2D eigenvalue weighted by Gasteiger charge is 2.04. The van der Waals surface area contributed by atoms with E-state index in [1.54, 1.807) is 6.07 Å². The summed E-state index contributed by atoms with van der Waals surface area (Å²) in [4.78, 5) is 0. The first-order valence-corrected chi connectivity index (χ1v) is 6.25. The summed E-state index contributed by atoms with van der Waals surface area (Å²) in [5.41, 5.74) is 0.722. The molecule has 0 radical (unpaired) electrons. The lowest BCUT2D eigenvalue weighted by atomic mass is 10.3. The summed E-state index contributed by atoms with van der Waals surface area (Å²) in [7, 11) is 0. The van der Waals surface area contributed by atoms with E-state index in [2.05, 4.69) is 21.2 Å². The molecule has 0 aliphatic heterocycles. The zero-order valence-electron chi connectivity index (χ0n) is 9.47. The molecule has 2 rings (SSSR count). The molecule has 1 aromatic heterocycles. The van der Waals surface area contributed by atoms with Crippen LogP contribution in [-0.4, -0.2) is 0 Å². The molecule has 0 atom stereocenters. The van der Waals surface area contributed by atoms with Crippen LogP contribution in [0.3, 0.4) is 0 Å². The number of aryl methyl sites for hydroxylation is 1. The van der Waals surface area contributed by atoms with Crippen LogP contribution in [0.15, 0.2) is 39.2 Å². The molecule has 0 aliphatic carbocycles. The lowest BCUT2D eigenvalue weighted by Gasteiger charge is -2.06. The summed E-state index contributed by atoms with van der Waals surface area (Å²) in [5, 5.41) is 3.13. The van der Waals surface area contributed by atoms with Gasteiger partial charge in [0.1, 0.15) is 17.3 Å². The zero-order valence-corrected chi connectivity index (χ0v) is 11.1. The number of rotatable bonds is 4. The molecule has 0 fully saturated rings. The van der Waals surface area contributed by atoms with Crippen molar-refractivity contribution in [2.24, 2.45) is 0 Å². The van der Waals surface area contributed by atoms with Crippen molar-refractivity contribution in [2.45, 2.75) is 19.9 Å². The van der Waals surface area contributed by atoms with E-state index in [4.69, 9.17) is 4.42 Å². The number of halogens is 2. The lowest BCUT2D eigenvalue weighted by molar-refractivity contribution is 0.476. The average molecular weight is 298 g/mol. The Morgan fingerprint density at radius 3 is 2.71 bits per heavy atom. The first-order valence-electron chi connectivity index (χ1n) is 5.45. The van der Waals surface area contributed by atoms with Gasteiger partial charge >= 0.3 is 0 Å². The second-order valence-electron chi connectivity index (χ2n) is 3.70. The normalized spacial score (nSPS) is 10.5. The smallest absolute Gasteiger partial charge is 0.125 e. The van der Waals surface area contributed by atoms with Crippen molar-refractivity contribution in [1.82, 2.24) is 0 Å². The van der Waals surface area contributed by atoms with E-state index in [9.17, 15) is 4.39 Å². The van der Waals surface area contributed by atoms with Gasteiger partial charge in [0.25, 0.3) is 0 Å². The first-order chi connectivity index (χ1) is 8.19. The van der Waals surface area contributed by atoms with Gasteiger partial charge < -0.3 is 9.73 Å². The predicted octanol–water partition coefficient (Wildman–Crippen LogP) is 4.36. The minimum atomic E-state index is -0.260. The van der Waals surface area contributed by atoms with Crippen molar-refractivity contribution in [2.75, 3.05) is 5.32 Å². The highest BCUT2D eigenvalue weighted by molar-refractivity contribution is 9.10. The Kier molecular flexibility index (Phi) is 3.84. The third kappa shape index (κ3) is 3.09. The fourth-order valence-corrected chi connectivity index (χ4v) is 1.91. The molecule has 17 heavy (non-hydrogen) atoms. The van der Waals surface area contributed by atoms with Crippen LogP contribution in [0.2, 0.25) is 0 Å². The molecule has 0 bridgehead atoms. The topological polar surface area (TPSA) is 25.2 Å². The summed E-state index contributed by atoms with van der Waals surface area (Å²) in [6.07, 6.45) is 0.879. The standard InChI is InChI=1S/C13H13BrFNO/c1-2-10-4-5-11(17-10)8-16-13-7-9(15)3-6-12(13)14/h3-7,16H,2,8H2,1H3. The van der Waals surface area contributed by atoms with Crippen LogP contribution in [0, 0.1) is 5.82 Å². The molecule has 1 aromatic carbocycles. The van der Waals surface area contributed by atoms with Gasteiger partial charge in [0.05, 0.1) is 12.2 Å². The van der Waals surface area contributed by atoms with Crippen LogP contribution in [0.4, 0.5) is 10.1 Å². The van der Waals surface area contributed by atoms with Crippen molar-refractivity contribution in [3.05, 3.63) is 52.1 Å². The SMILES string of the molecule is CCc1ccc(CNc2cc(F)ccc2Br)o1. The molecular weight excluding hydrogens is 285 g/mol. The largest absolute Gasteiger partial charge is 0.464 e. The Bertz CT molecular complexity index is 510. The summed E-state index contributed by atoms with van der Waals surface area (Å²) < 4.78 is 19.4. The van der Waals surface area contributed by atoms with E-state index in [-0.39, 0.29) is 5.82 Å². The summed E-state index contributed by atoms with van der Waals surface area (Å²) in [6.45, 7) is 2.58. The Labute approximate surface area is 108 Å². The summed E-state index contributed by atoms with van der Waals surface area (Å²) in [5.74, 6) is 1.54. The molecule has 0 unspecified atom stereocenters. The Balaban J connectivity index is 2.04. The number of hydrogen-bond acceptors (Lipinski definition) is 2. The van der Waals surface area contributed by atoms with E-state index in [0.29, 0.717) is 6.54 Å². The zero-order chi connectivity index (χ0) is 12.3. The monoisotopic (exact) mass is 297 g/mol. The van der Waals surface area contributed by atoms with Gasteiger partial charge in [-0.05, 0) is 46.3 Å². The van der Waals surface area contributed by atoms with Gasteiger partial charge in [0, 0.05) is 10.9 Å². The highest BCUT2D eigenvalue weighted by Crippen LogP contribution is 2.23. The Hall–Kier alpha value is -1.29. The Morgan fingerprint density at radius 1 is 1.24 bits per heavy atom. The van der Waals surface area contributed by atoms with E-state index in [0.717, 1.165) is 28.1 Å².